The van der Waals surface area contributed by atoms with E-state index in [9.17, 15) is 9.59 Å². The summed E-state index contributed by atoms with van der Waals surface area (Å²) in [5.74, 6) is 0.772. The number of rotatable bonds is 5. The highest BCUT2D eigenvalue weighted by Crippen LogP contribution is 2.25. The van der Waals surface area contributed by atoms with Crippen molar-refractivity contribution in [2.45, 2.75) is 13.8 Å². The number of amides is 2. The number of halogens is 1. The van der Waals surface area contributed by atoms with Gasteiger partial charge < -0.3 is 14.6 Å². The van der Waals surface area contributed by atoms with Gasteiger partial charge in [0, 0.05) is 42.5 Å². The summed E-state index contributed by atoms with van der Waals surface area (Å²) in [6.07, 6.45) is 0. The van der Waals surface area contributed by atoms with Crippen LogP contribution < -0.4 is 5.32 Å². The van der Waals surface area contributed by atoms with Crippen LogP contribution in [0.25, 0.3) is 11.3 Å². The zero-order chi connectivity index (χ0) is 22.7. The van der Waals surface area contributed by atoms with E-state index in [1.54, 1.807) is 29.2 Å². The van der Waals surface area contributed by atoms with Crippen molar-refractivity contribution in [2.75, 3.05) is 38.0 Å². The fraction of sp³-hybridized carbons (Fsp3) is 0.280. The molecule has 1 aliphatic rings. The van der Waals surface area contributed by atoms with Gasteiger partial charge in [0.1, 0.15) is 5.76 Å². The monoisotopic (exact) mass is 451 g/mol. The van der Waals surface area contributed by atoms with Crippen molar-refractivity contribution in [3.05, 3.63) is 76.5 Å². The second-order valence-electron chi connectivity index (χ2n) is 8.05. The molecule has 7 heteroatoms. The molecular formula is C25H26ClN3O3. The van der Waals surface area contributed by atoms with E-state index in [0.29, 0.717) is 49.3 Å². The van der Waals surface area contributed by atoms with E-state index in [2.05, 4.69) is 10.2 Å². The first-order valence-electron chi connectivity index (χ1n) is 10.6. The van der Waals surface area contributed by atoms with Crippen molar-refractivity contribution in [2.24, 2.45) is 0 Å². The number of carbonyl (C=O) groups is 2. The number of aryl methyl sites for hydroxylation is 2. The Bertz CT molecular complexity index is 1100. The number of para-hydroxylation sites is 1. The molecule has 3 aromatic rings. The Morgan fingerprint density at radius 3 is 2.25 bits per heavy atom. The molecule has 0 aliphatic carbocycles. The van der Waals surface area contributed by atoms with Gasteiger partial charge in [-0.2, -0.15) is 0 Å². The van der Waals surface area contributed by atoms with E-state index >= 15 is 0 Å². The predicted octanol–water partition coefficient (Wildman–Crippen LogP) is 4.61. The van der Waals surface area contributed by atoms with Crippen LogP contribution >= 0.6 is 11.6 Å². The standard InChI is InChI=1S/C25H26ClN3O3/c1-17-4-3-5-18(2)24(17)27-23(30)16-28-12-14-29(15-13-28)25(31)22-11-10-21(32-22)19-6-8-20(26)9-7-19/h3-11H,12-16H2,1-2H3,(H,27,30). The Labute approximate surface area is 192 Å². The second-order valence-corrected chi connectivity index (χ2v) is 8.49. The fourth-order valence-electron chi connectivity index (χ4n) is 3.88. The van der Waals surface area contributed by atoms with E-state index < -0.39 is 0 Å². The molecule has 0 spiro atoms. The lowest BCUT2D eigenvalue weighted by Crippen LogP contribution is -2.50. The molecule has 0 saturated carbocycles. The molecule has 6 nitrogen and oxygen atoms in total. The summed E-state index contributed by atoms with van der Waals surface area (Å²) in [5, 5.41) is 3.67. The molecule has 32 heavy (non-hydrogen) atoms. The van der Waals surface area contributed by atoms with Crippen molar-refractivity contribution in [1.82, 2.24) is 9.80 Å². The maximum atomic E-state index is 12.9. The summed E-state index contributed by atoms with van der Waals surface area (Å²) in [6, 6.07) is 16.7. The number of furan rings is 1. The van der Waals surface area contributed by atoms with Crippen LogP contribution in [0.3, 0.4) is 0 Å². The zero-order valence-electron chi connectivity index (χ0n) is 18.2. The average molecular weight is 452 g/mol. The Balaban J connectivity index is 1.30. The Morgan fingerprint density at radius 2 is 1.59 bits per heavy atom. The lowest BCUT2D eigenvalue weighted by molar-refractivity contribution is -0.117. The van der Waals surface area contributed by atoms with E-state index in [1.165, 1.54) is 0 Å². The van der Waals surface area contributed by atoms with Gasteiger partial charge in [0.05, 0.1) is 6.54 Å². The third-order valence-electron chi connectivity index (χ3n) is 5.72. The number of nitrogens with zero attached hydrogens (tertiary/aromatic N) is 2. The zero-order valence-corrected chi connectivity index (χ0v) is 19.0. The van der Waals surface area contributed by atoms with Crippen molar-refractivity contribution in [1.29, 1.82) is 0 Å². The van der Waals surface area contributed by atoms with Crippen LogP contribution in [0.15, 0.2) is 59.0 Å². The number of carbonyl (C=O) groups excluding carboxylic acids is 2. The molecule has 4 rings (SSSR count). The first-order valence-corrected chi connectivity index (χ1v) is 11.0. The van der Waals surface area contributed by atoms with Crippen LogP contribution in [-0.4, -0.2) is 54.3 Å². The summed E-state index contributed by atoms with van der Waals surface area (Å²) >= 11 is 5.93. The number of hydrogen-bond donors (Lipinski definition) is 1. The van der Waals surface area contributed by atoms with Crippen molar-refractivity contribution in [3.63, 3.8) is 0 Å². The third-order valence-corrected chi connectivity index (χ3v) is 5.97. The molecule has 0 unspecified atom stereocenters. The minimum atomic E-state index is -0.134. The number of benzene rings is 2. The molecule has 0 atom stereocenters. The highest BCUT2D eigenvalue weighted by molar-refractivity contribution is 6.30. The third kappa shape index (κ3) is 5.03. The lowest BCUT2D eigenvalue weighted by atomic mass is 10.1. The summed E-state index contributed by atoms with van der Waals surface area (Å²) in [4.78, 5) is 29.2. The van der Waals surface area contributed by atoms with E-state index in [0.717, 1.165) is 22.4 Å². The lowest BCUT2D eigenvalue weighted by Gasteiger charge is -2.33. The van der Waals surface area contributed by atoms with Crippen LogP contribution in [0.5, 0.6) is 0 Å². The molecule has 1 aromatic heterocycles. The summed E-state index contributed by atoms with van der Waals surface area (Å²) in [5.41, 5.74) is 3.84. The molecule has 1 aliphatic heterocycles. The highest BCUT2D eigenvalue weighted by atomic mass is 35.5. The molecule has 0 radical (unpaired) electrons. The number of nitrogens with one attached hydrogen (secondary N) is 1. The number of piperazine rings is 1. The molecule has 2 heterocycles. The van der Waals surface area contributed by atoms with Crippen LogP contribution in [-0.2, 0) is 4.79 Å². The minimum Gasteiger partial charge on any atom is -0.451 e. The van der Waals surface area contributed by atoms with Crippen molar-refractivity contribution < 1.29 is 14.0 Å². The van der Waals surface area contributed by atoms with Crippen molar-refractivity contribution >= 4 is 29.1 Å². The number of hydrogen-bond acceptors (Lipinski definition) is 4. The molecule has 1 saturated heterocycles. The van der Waals surface area contributed by atoms with Gasteiger partial charge in [0.25, 0.3) is 5.91 Å². The molecular weight excluding hydrogens is 426 g/mol. The topological polar surface area (TPSA) is 65.8 Å². The Morgan fingerprint density at radius 1 is 0.938 bits per heavy atom. The molecule has 1 N–H and O–H groups in total. The molecule has 2 amide bonds. The van der Waals surface area contributed by atoms with Crippen LogP contribution in [0.4, 0.5) is 5.69 Å². The SMILES string of the molecule is Cc1cccc(C)c1NC(=O)CN1CCN(C(=O)c2ccc(-c3ccc(Cl)cc3)o2)CC1. The first kappa shape index (κ1) is 22.1. The number of anilines is 1. The molecule has 1 fully saturated rings. The van der Waals surface area contributed by atoms with Gasteiger partial charge in [-0.1, -0.05) is 29.8 Å². The van der Waals surface area contributed by atoms with Gasteiger partial charge in [0.15, 0.2) is 5.76 Å². The first-order chi connectivity index (χ1) is 15.4. The molecule has 2 aromatic carbocycles. The van der Waals surface area contributed by atoms with E-state index in [4.69, 9.17) is 16.0 Å². The average Bonchev–Trinajstić information content (AvgIpc) is 3.27. The van der Waals surface area contributed by atoms with Crippen molar-refractivity contribution in [3.8, 4) is 11.3 Å². The van der Waals surface area contributed by atoms with Gasteiger partial charge in [-0.15, -0.1) is 0 Å². The fourth-order valence-corrected chi connectivity index (χ4v) is 4.01. The molecule has 166 valence electrons. The Hall–Kier alpha value is -3.09. The Kier molecular flexibility index (Phi) is 6.63. The highest BCUT2D eigenvalue weighted by Gasteiger charge is 2.25. The quantitative estimate of drug-likeness (QED) is 0.615. The summed E-state index contributed by atoms with van der Waals surface area (Å²) in [6.45, 7) is 6.64. The van der Waals surface area contributed by atoms with Crippen LogP contribution in [0, 0.1) is 13.8 Å². The second kappa shape index (κ2) is 9.59. The van der Waals surface area contributed by atoms with Gasteiger partial charge in [-0.25, -0.2) is 0 Å². The minimum absolute atomic E-state index is 0.0409. The van der Waals surface area contributed by atoms with Crippen LogP contribution in [0.1, 0.15) is 21.7 Å². The summed E-state index contributed by atoms with van der Waals surface area (Å²) < 4.78 is 5.79. The normalized spacial score (nSPS) is 14.4. The molecule has 0 bridgehead atoms. The maximum Gasteiger partial charge on any atom is 0.289 e. The van der Waals surface area contributed by atoms with Crippen LogP contribution in [0.2, 0.25) is 5.02 Å². The van der Waals surface area contributed by atoms with Gasteiger partial charge >= 0.3 is 0 Å². The smallest absolute Gasteiger partial charge is 0.289 e. The van der Waals surface area contributed by atoms with Gasteiger partial charge in [-0.05, 0) is 61.4 Å². The largest absolute Gasteiger partial charge is 0.451 e. The van der Waals surface area contributed by atoms with Gasteiger partial charge in [0.2, 0.25) is 5.91 Å². The van der Waals surface area contributed by atoms with E-state index in [1.807, 2.05) is 44.2 Å². The predicted molar refractivity (Wildman–Crippen MR) is 126 cm³/mol. The van der Waals surface area contributed by atoms with E-state index in [-0.39, 0.29) is 11.8 Å². The summed E-state index contributed by atoms with van der Waals surface area (Å²) in [7, 11) is 0. The maximum absolute atomic E-state index is 12.9. The van der Waals surface area contributed by atoms with Gasteiger partial charge in [-0.3, -0.25) is 14.5 Å².